The normalized spacial score (nSPS) is 19.3. The number of benzene rings is 1. The topological polar surface area (TPSA) is 85.3 Å². The molecule has 0 saturated carbocycles. The number of carbonyl (C=O) groups is 3. The number of hydrogen-bond acceptors (Lipinski definition) is 7. The zero-order chi connectivity index (χ0) is 20.4. The molecular weight excluding hydrogens is 380 g/mol. The highest BCUT2D eigenvalue weighted by Gasteiger charge is 2.41. The molecule has 1 aromatic rings. The first-order valence-corrected chi connectivity index (χ1v) is 10.00. The van der Waals surface area contributed by atoms with E-state index in [-0.39, 0.29) is 12.0 Å². The van der Waals surface area contributed by atoms with Crippen LogP contribution in [0.1, 0.15) is 45.7 Å². The fraction of sp³-hybridized carbons (Fsp3) is 0.400. The van der Waals surface area contributed by atoms with Crippen LogP contribution in [-0.2, 0) is 19.1 Å². The molecule has 3 rings (SSSR count). The van der Waals surface area contributed by atoms with Gasteiger partial charge in [0.1, 0.15) is 5.75 Å². The second kappa shape index (κ2) is 8.18. The van der Waals surface area contributed by atoms with Gasteiger partial charge in [0.15, 0.2) is 5.17 Å². The molecule has 1 aromatic carbocycles. The highest BCUT2D eigenvalue weighted by molar-refractivity contribution is 8.14. The Morgan fingerprint density at radius 2 is 1.93 bits per heavy atom. The summed E-state index contributed by atoms with van der Waals surface area (Å²) in [5.41, 5.74) is 1.59. The Balaban J connectivity index is 2.06. The van der Waals surface area contributed by atoms with E-state index in [9.17, 15) is 14.4 Å². The molecule has 0 bridgehead atoms. The van der Waals surface area contributed by atoms with Crippen LogP contribution < -0.4 is 4.74 Å². The van der Waals surface area contributed by atoms with Crippen LogP contribution in [0.2, 0.25) is 0 Å². The molecule has 0 unspecified atom stereocenters. The van der Waals surface area contributed by atoms with E-state index < -0.39 is 18.0 Å². The van der Waals surface area contributed by atoms with E-state index >= 15 is 0 Å². The van der Waals surface area contributed by atoms with Gasteiger partial charge >= 0.3 is 11.9 Å². The molecule has 2 aliphatic rings. The summed E-state index contributed by atoms with van der Waals surface area (Å²) in [6.45, 7) is 6.63. The van der Waals surface area contributed by atoms with E-state index in [1.165, 1.54) is 18.7 Å². The lowest BCUT2D eigenvalue weighted by molar-refractivity contribution is -0.143. The van der Waals surface area contributed by atoms with E-state index in [1.54, 1.807) is 49.9 Å². The maximum Gasteiger partial charge on any atom is 0.338 e. The third-order valence-corrected chi connectivity index (χ3v) is 5.18. The van der Waals surface area contributed by atoms with Crippen LogP contribution in [0.4, 0.5) is 0 Å². The average molecular weight is 402 g/mol. The highest BCUT2D eigenvalue weighted by atomic mass is 32.2. The standard InChI is InChI=1S/C20H22N2O5S/c1-11(2)26-19(25)17-12(3)21-20-22(16(24)9-10-28-20)18(17)14-5-7-15(8-6-14)27-13(4)23/h5-8,11,18H,9-10H2,1-4H3/t18-/m1/s1. The Kier molecular flexibility index (Phi) is 5.88. The smallest absolute Gasteiger partial charge is 0.338 e. The summed E-state index contributed by atoms with van der Waals surface area (Å²) in [6.07, 6.45) is 0.0775. The number of fused-ring (bicyclic) bond motifs is 1. The summed E-state index contributed by atoms with van der Waals surface area (Å²) in [4.78, 5) is 42.8. The minimum Gasteiger partial charge on any atom is -0.459 e. The molecule has 148 valence electrons. The molecule has 0 aliphatic carbocycles. The second-order valence-electron chi connectivity index (χ2n) is 6.77. The molecule has 2 heterocycles. The summed E-state index contributed by atoms with van der Waals surface area (Å²) < 4.78 is 10.5. The first-order valence-electron chi connectivity index (χ1n) is 9.01. The van der Waals surface area contributed by atoms with Crippen molar-refractivity contribution in [3.63, 3.8) is 0 Å². The predicted molar refractivity (Wildman–Crippen MR) is 106 cm³/mol. The van der Waals surface area contributed by atoms with Crippen molar-refractivity contribution in [3.8, 4) is 5.75 Å². The maximum absolute atomic E-state index is 12.8. The van der Waals surface area contributed by atoms with Crippen molar-refractivity contribution in [2.45, 2.75) is 46.3 Å². The number of amides is 1. The van der Waals surface area contributed by atoms with Crippen LogP contribution in [0.5, 0.6) is 5.75 Å². The summed E-state index contributed by atoms with van der Waals surface area (Å²) >= 11 is 1.49. The number of rotatable bonds is 4. The van der Waals surface area contributed by atoms with Gasteiger partial charge in [0.25, 0.3) is 0 Å². The molecule has 1 saturated heterocycles. The number of amidine groups is 1. The molecule has 0 N–H and O–H groups in total. The molecule has 1 amide bonds. The van der Waals surface area contributed by atoms with Gasteiger partial charge < -0.3 is 9.47 Å². The lowest BCUT2D eigenvalue weighted by Crippen LogP contribution is -2.46. The summed E-state index contributed by atoms with van der Waals surface area (Å²) in [5.74, 6) is 0.0547. The minimum atomic E-state index is -0.634. The van der Waals surface area contributed by atoms with Gasteiger partial charge in [-0.2, -0.15) is 0 Å². The van der Waals surface area contributed by atoms with E-state index in [0.29, 0.717) is 39.9 Å². The Hall–Kier alpha value is -2.61. The quantitative estimate of drug-likeness (QED) is 0.568. The SMILES string of the molecule is CC(=O)Oc1ccc([C@@H]2C(C(=O)OC(C)C)=C(C)N=C3SCCC(=O)N32)cc1. The van der Waals surface area contributed by atoms with Crippen LogP contribution in [0.3, 0.4) is 0 Å². The monoisotopic (exact) mass is 402 g/mol. The van der Waals surface area contributed by atoms with Gasteiger partial charge in [-0.25, -0.2) is 9.79 Å². The molecule has 1 fully saturated rings. The zero-order valence-corrected chi connectivity index (χ0v) is 17.0. The molecule has 0 aromatic heterocycles. The molecular formula is C20H22N2O5S. The fourth-order valence-corrected chi connectivity index (χ4v) is 4.14. The van der Waals surface area contributed by atoms with Gasteiger partial charge in [0.2, 0.25) is 5.91 Å². The first kappa shape index (κ1) is 20.1. The number of nitrogens with zero attached hydrogens (tertiary/aromatic N) is 2. The zero-order valence-electron chi connectivity index (χ0n) is 16.2. The first-order chi connectivity index (χ1) is 13.3. The van der Waals surface area contributed by atoms with Crippen LogP contribution in [-0.4, -0.2) is 39.8 Å². The lowest BCUT2D eigenvalue weighted by Gasteiger charge is -2.39. The van der Waals surface area contributed by atoms with Crippen LogP contribution in [0.25, 0.3) is 0 Å². The van der Waals surface area contributed by atoms with E-state index in [0.717, 1.165) is 0 Å². The molecule has 28 heavy (non-hydrogen) atoms. The number of hydrogen-bond donors (Lipinski definition) is 0. The number of carbonyl (C=O) groups excluding carboxylic acids is 3. The Labute approximate surface area is 167 Å². The van der Waals surface area contributed by atoms with Crippen molar-refractivity contribution in [1.29, 1.82) is 0 Å². The summed E-state index contributed by atoms with van der Waals surface area (Å²) in [6, 6.07) is 6.14. The number of thioether (sulfide) groups is 1. The van der Waals surface area contributed by atoms with Gasteiger partial charge in [-0.05, 0) is 38.5 Å². The average Bonchev–Trinajstić information content (AvgIpc) is 2.60. The van der Waals surface area contributed by atoms with Crippen molar-refractivity contribution in [3.05, 3.63) is 41.1 Å². The van der Waals surface area contributed by atoms with Crippen molar-refractivity contribution in [1.82, 2.24) is 4.90 Å². The second-order valence-corrected chi connectivity index (χ2v) is 7.84. The van der Waals surface area contributed by atoms with E-state index in [2.05, 4.69) is 4.99 Å². The largest absolute Gasteiger partial charge is 0.459 e. The molecule has 8 heteroatoms. The van der Waals surface area contributed by atoms with Gasteiger partial charge in [-0.15, -0.1) is 0 Å². The molecule has 2 aliphatic heterocycles. The number of aliphatic imine (C=N–C) groups is 1. The maximum atomic E-state index is 12.8. The van der Waals surface area contributed by atoms with Crippen molar-refractivity contribution >= 4 is 34.8 Å². The number of ether oxygens (including phenoxy) is 2. The predicted octanol–water partition coefficient (Wildman–Crippen LogP) is 3.21. The lowest BCUT2D eigenvalue weighted by atomic mass is 9.94. The van der Waals surface area contributed by atoms with Gasteiger partial charge in [-0.3, -0.25) is 14.5 Å². The van der Waals surface area contributed by atoms with Crippen LogP contribution >= 0.6 is 11.8 Å². The van der Waals surface area contributed by atoms with E-state index in [1.807, 2.05) is 0 Å². The van der Waals surface area contributed by atoms with Gasteiger partial charge in [0, 0.05) is 19.1 Å². The molecule has 0 spiro atoms. The summed E-state index contributed by atoms with van der Waals surface area (Å²) in [7, 11) is 0. The summed E-state index contributed by atoms with van der Waals surface area (Å²) in [5, 5.41) is 0.587. The van der Waals surface area contributed by atoms with Crippen molar-refractivity contribution in [2.24, 2.45) is 4.99 Å². The third-order valence-electron chi connectivity index (χ3n) is 4.23. The molecule has 7 nitrogen and oxygen atoms in total. The fourth-order valence-electron chi connectivity index (χ4n) is 3.13. The number of esters is 2. The highest BCUT2D eigenvalue weighted by Crippen LogP contribution is 2.40. The molecule has 1 atom stereocenters. The van der Waals surface area contributed by atoms with Crippen LogP contribution in [0.15, 0.2) is 40.5 Å². The third kappa shape index (κ3) is 4.11. The number of allylic oxidation sites excluding steroid dienone is 1. The molecule has 0 radical (unpaired) electrons. The van der Waals surface area contributed by atoms with Crippen molar-refractivity contribution < 1.29 is 23.9 Å². The van der Waals surface area contributed by atoms with E-state index in [4.69, 9.17) is 9.47 Å². The van der Waals surface area contributed by atoms with Gasteiger partial charge in [-0.1, -0.05) is 23.9 Å². The Morgan fingerprint density at radius 1 is 1.25 bits per heavy atom. The Morgan fingerprint density at radius 3 is 2.54 bits per heavy atom. The van der Waals surface area contributed by atoms with Gasteiger partial charge in [0.05, 0.1) is 23.4 Å². The Bertz CT molecular complexity index is 873. The minimum absolute atomic E-state index is 0.0890. The van der Waals surface area contributed by atoms with Crippen molar-refractivity contribution in [2.75, 3.05) is 5.75 Å². The van der Waals surface area contributed by atoms with Crippen LogP contribution in [0, 0.1) is 0 Å².